The van der Waals surface area contributed by atoms with Crippen LogP contribution in [0.5, 0.6) is 0 Å². The first-order valence-electron chi connectivity index (χ1n) is 12.7. The van der Waals surface area contributed by atoms with Gasteiger partial charge in [-0.25, -0.2) is 0 Å². The van der Waals surface area contributed by atoms with Gasteiger partial charge >= 0.3 is 12.4 Å². The smallest absolute Gasteiger partial charge is 0.393 e. The highest BCUT2D eigenvalue weighted by atomic mass is 19.4. The van der Waals surface area contributed by atoms with Crippen LogP contribution >= 0.6 is 0 Å². The summed E-state index contributed by atoms with van der Waals surface area (Å²) < 4.78 is 77.3. The number of halogens is 6. The van der Waals surface area contributed by atoms with Crippen LogP contribution in [0.4, 0.5) is 26.3 Å². The molecule has 0 spiro atoms. The molecule has 0 aliphatic heterocycles. The van der Waals surface area contributed by atoms with Gasteiger partial charge in [0, 0.05) is 6.42 Å². The lowest BCUT2D eigenvalue weighted by molar-refractivity contribution is -0.286. The Kier molecular flexibility index (Phi) is 8.57. The van der Waals surface area contributed by atoms with E-state index in [2.05, 4.69) is 19.6 Å². The molecule has 0 unspecified atom stereocenters. The van der Waals surface area contributed by atoms with Gasteiger partial charge < -0.3 is 10.2 Å². The van der Waals surface area contributed by atoms with Gasteiger partial charge in [-0.15, -0.1) is 0 Å². The van der Waals surface area contributed by atoms with Crippen molar-refractivity contribution in [3.05, 3.63) is 35.5 Å². The molecule has 0 saturated heterocycles. The number of allylic oxidation sites excluding steroid dienone is 3. The molecule has 6 atom stereocenters. The molecule has 3 aliphatic rings. The average Bonchev–Trinajstić information content (AvgIpc) is 3.08. The molecule has 0 amide bonds. The minimum absolute atomic E-state index is 0.0297. The zero-order chi connectivity index (χ0) is 26.2. The van der Waals surface area contributed by atoms with Crippen molar-refractivity contribution >= 4 is 0 Å². The zero-order valence-electron chi connectivity index (χ0n) is 20.6. The van der Waals surface area contributed by atoms with Crippen LogP contribution in [-0.4, -0.2) is 34.8 Å². The Hall–Kier alpha value is -1.28. The summed E-state index contributed by atoms with van der Waals surface area (Å²) in [4.78, 5) is 0. The lowest BCUT2D eigenvalue weighted by Gasteiger charge is -2.44. The van der Waals surface area contributed by atoms with Gasteiger partial charge in [0.2, 0.25) is 0 Å². The van der Waals surface area contributed by atoms with Gasteiger partial charge in [0.1, 0.15) is 0 Å². The van der Waals surface area contributed by atoms with Crippen LogP contribution in [0.3, 0.4) is 0 Å². The summed E-state index contributed by atoms with van der Waals surface area (Å²) >= 11 is 0. The van der Waals surface area contributed by atoms with E-state index in [0.717, 1.165) is 37.7 Å². The Morgan fingerprint density at radius 2 is 1.71 bits per heavy atom. The third-order valence-corrected chi connectivity index (χ3v) is 8.93. The monoisotopic (exact) mass is 508 g/mol. The van der Waals surface area contributed by atoms with Crippen LogP contribution in [0.25, 0.3) is 0 Å². The van der Waals surface area contributed by atoms with Gasteiger partial charge in [0.05, 0.1) is 12.2 Å². The number of hydrogen-bond acceptors (Lipinski definition) is 2. The Labute approximate surface area is 204 Å². The maximum atomic E-state index is 12.9. The highest BCUT2D eigenvalue weighted by molar-refractivity contribution is 5.38. The minimum Gasteiger partial charge on any atom is -0.393 e. The molecule has 2 N–H and O–H groups in total. The highest BCUT2D eigenvalue weighted by Crippen LogP contribution is 2.60. The first kappa shape index (κ1) is 28.3. The molecule has 3 rings (SSSR count). The Balaban J connectivity index is 1.67. The normalized spacial score (nSPS) is 35.7. The summed E-state index contributed by atoms with van der Waals surface area (Å²) in [6.45, 7) is 8.17. The van der Waals surface area contributed by atoms with Gasteiger partial charge in [-0.1, -0.05) is 51.0 Å². The lowest BCUT2D eigenvalue weighted by Crippen LogP contribution is -2.37. The second-order valence-electron chi connectivity index (χ2n) is 11.2. The topological polar surface area (TPSA) is 40.5 Å². The van der Waals surface area contributed by atoms with Crippen molar-refractivity contribution < 1.29 is 36.6 Å². The molecule has 3 fully saturated rings. The molecule has 0 radical (unpaired) electrons. The molecule has 2 nitrogen and oxygen atoms in total. The van der Waals surface area contributed by atoms with Crippen molar-refractivity contribution in [3.8, 4) is 0 Å². The highest BCUT2D eigenvalue weighted by Gasteiger charge is 2.56. The molecule has 0 bridgehead atoms. The Morgan fingerprint density at radius 1 is 1.06 bits per heavy atom. The molecule has 200 valence electrons. The van der Waals surface area contributed by atoms with Crippen LogP contribution in [0, 0.1) is 29.1 Å². The fourth-order valence-corrected chi connectivity index (χ4v) is 7.04. The SMILES string of the molecule is C=C1/C(=C\C=C2/CCC[C@]3(C)[C@@H]([C@H](C)CCCC(C(F)(F)F)C(F)(F)F)CC[C@@H]23)C[C@@H](O)C[C@@H]1O. The standard InChI is InChI=1S/C27H38F6O2/c1-16(6-4-8-24(26(28,29)30)27(31,32)33)21-11-12-22-18(7-5-13-25(21,22)3)9-10-19-14-20(34)15-23(35)17(19)2/h9-10,16,20-24,34-35H,2,4-8,11-15H2,1,3H3/b18-9+,19-10-/t16-,20-,21-,22+,23+,25-/m1/s1. The van der Waals surface area contributed by atoms with Crippen molar-refractivity contribution in [1.29, 1.82) is 0 Å². The van der Waals surface area contributed by atoms with Gasteiger partial charge in [-0.3, -0.25) is 0 Å². The average molecular weight is 509 g/mol. The van der Waals surface area contributed by atoms with Crippen molar-refractivity contribution in [1.82, 2.24) is 0 Å². The Morgan fingerprint density at radius 3 is 2.34 bits per heavy atom. The molecule has 0 aromatic rings. The van der Waals surface area contributed by atoms with Crippen molar-refractivity contribution in [2.75, 3.05) is 0 Å². The van der Waals surface area contributed by atoms with Gasteiger partial charge in [0.15, 0.2) is 5.92 Å². The molecule has 3 aliphatic carbocycles. The molecule has 0 aromatic heterocycles. The number of aliphatic hydroxyl groups is 2. The molecule has 0 aromatic carbocycles. The Bertz CT molecular complexity index is 813. The van der Waals surface area contributed by atoms with Crippen LogP contribution in [0.15, 0.2) is 35.5 Å². The molecule has 3 saturated carbocycles. The third kappa shape index (κ3) is 6.35. The predicted octanol–water partition coefficient (Wildman–Crippen LogP) is 7.67. The van der Waals surface area contributed by atoms with Gasteiger partial charge in [-0.05, 0) is 79.3 Å². The van der Waals surface area contributed by atoms with E-state index in [1.807, 2.05) is 13.0 Å². The lowest BCUT2D eigenvalue weighted by atomic mass is 9.60. The summed E-state index contributed by atoms with van der Waals surface area (Å²) in [5, 5.41) is 20.1. The molecule has 8 heteroatoms. The molecular weight excluding hydrogens is 470 g/mol. The maximum Gasteiger partial charge on any atom is 0.400 e. The van der Waals surface area contributed by atoms with Crippen molar-refractivity contribution in [3.63, 3.8) is 0 Å². The zero-order valence-corrected chi connectivity index (χ0v) is 20.6. The van der Waals surface area contributed by atoms with Crippen molar-refractivity contribution in [2.24, 2.45) is 29.1 Å². The second kappa shape index (κ2) is 10.6. The number of rotatable bonds is 6. The molecular formula is C27H38F6O2. The van der Waals surface area contributed by atoms with Crippen LogP contribution in [0.2, 0.25) is 0 Å². The molecule has 35 heavy (non-hydrogen) atoms. The largest absolute Gasteiger partial charge is 0.400 e. The quantitative estimate of drug-likeness (QED) is 0.362. The van der Waals surface area contributed by atoms with E-state index in [4.69, 9.17) is 0 Å². The van der Waals surface area contributed by atoms with E-state index in [1.54, 1.807) is 0 Å². The second-order valence-corrected chi connectivity index (χ2v) is 11.2. The summed E-state index contributed by atoms with van der Waals surface area (Å²) in [5.74, 6) is -2.62. The van der Waals surface area contributed by atoms with E-state index in [9.17, 15) is 36.6 Å². The third-order valence-electron chi connectivity index (χ3n) is 8.93. The number of hydrogen-bond donors (Lipinski definition) is 2. The fraction of sp³-hybridized carbons (Fsp3) is 0.778. The summed E-state index contributed by atoms with van der Waals surface area (Å²) in [6, 6.07) is 0. The summed E-state index contributed by atoms with van der Waals surface area (Å²) in [6.07, 6.45) is -2.91. The van der Waals surface area contributed by atoms with E-state index in [-0.39, 0.29) is 23.7 Å². The van der Waals surface area contributed by atoms with Crippen molar-refractivity contribution in [2.45, 2.75) is 103 Å². The van der Waals surface area contributed by atoms with Crippen LogP contribution < -0.4 is 0 Å². The van der Waals surface area contributed by atoms with E-state index in [0.29, 0.717) is 30.8 Å². The first-order chi connectivity index (χ1) is 16.1. The van der Waals surface area contributed by atoms with Crippen LogP contribution in [0.1, 0.15) is 78.1 Å². The van der Waals surface area contributed by atoms with E-state index >= 15 is 0 Å². The summed E-state index contributed by atoms with van der Waals surface area (Å²) in [5.41, 5.74) is 2.76. The van der Waals surface area contributed by atoms with Gasteiger partial charge in [0.25, 0.3) is 0 Å². The fourth-order valence-electron chi connectivity index (χ4n) is 7.04. The number of fused-ring (bicyclic) bond motifs is 1. The minimum atomic E-state index is -5.26. The maximum absolute atomic E-state index is 12.9. The number of alkyl halides is 6. The van der Waals surface area contributed by atoms with E-state index in [1.165, 1.54) is 5.57 Å². The van der Waals surface area contributed by atoms with Gasteiger partial charge in [-0.2, -0.15) is 26.3 Å². The number of aliphatic hydroxyl groups excluding tert-OH is 2. The first-order valence-corrected chi connectivity index (χ1v) is 12.7. The molecule has 0 heterocycles. The van der Waals surface area contributed by atoms with Crippen LogP contribution in [-0.2, 0) is 0 Å². The van der Waals surface area contributed by atoms with E-state index < -0.39 is 36.9 Å². The summed E-state index contributed by atoms with van der Waals surface area (Å²) in [7, 11) is 0. The predicted molar refractivity (Wildman–Crippen MR) is 123 cm³/mol.